The van der Waals surface area contributed by atoms with E-state index in [4.69, 9.17) is 7.85 Å². The van der Waals surface area contributed by atoms with Crippen LogP contribution in [-0.4, -0.2) is 18.6 Å². The molecule has 14 heavy (non-hydrogen) atoms. The summed E-state index contributed by atoms with van der Waals surface area (Å²) < 4.78 is 0. The van der Waals surface area contributed by atoms with E-state index in [0.29, 0.717) is 0 Å². The minimum absolute atomic E-state index is 0.303. The van der Waals surface area contributed by atoms with Gasteiger partial charge in [0.05, 0.1) is 5.60 Å². The highest BCUT2D eigenvalue weighted by Crippen LogP contribution is 2.33. The maximum atomic E-state index is 10.0. The predicted molar refractivity (Wildman–Crippen MR) is 61.2 cm³/mol. The average molecular weight is 188 g/mol. The lowest BCUT2D eigenvalue weighted by molar-refractivity contribution is 0.00967. The van der Waals surface area contributed by atoms with Crippen molar-refractivity contribution >= 4 is 13.3 Å². The summed E-state index contributed by atoms with van der Waals surface area (Å²) in [6.07, 6.45) is 0. The van der Waals surface area contributed by atoms with Gasteiger partial charge in [-0.15, -0.1) is 0 Å². The van der Waals surface area contributed by atoms with Crippen molar-refractivity contribution in [2.45, 2.75) is 38.7 Å². The van der Waals surface area contributed by atoms with Gasteiger partial charge in [0.25, 0.3) is 0 Å². The van der Waals surface area contributed by atoms with Crippen LogP contribution in [0.2, 0.25) is 0 Å². The van der Waals surface area contributed by atoms with Crippen molar-refractivity contribution in [2.24, 2.45) is 0 Å². The number of benzene rings is 1. The van der Waals surface area contributed by atoms with E-state index in [-0.39, 0.29) is 5.41 Å². The van der Waals surface area contributed by atoms with E-state index >= 15 is 0 Å². The Morgan fingerprint density at radius 3 is 2.14 bits per heavy atom. The number of rotatable bonds is 2. The maximum Gasteiger partial charge on any atom is 0.113 e. The molecule has 1 rings (SSSR count). The number of hydrogen-bond acceptors (Lipinski definition) is 1. The first-order chi connectivity index (χ1) is 6.25. The Morgan fingerprint density at radius 1 is 1.14 bits per heavy atom. The van der Waals surface area contributed by atoms with Crippen LogP contribution in [0.3, 0.4) is 0 Å². The fourth-order valence-electron chi connectivity index (χ4n) is 1.28. The molecule has 1 N–H and O–H groups in total. The average Bonchev–Trinajstić information content (AvgIpc) is 2.02. The minimum Gasteiger partial charge on any atom is -0.390 e. The number of hydrogen-bond donors (Lipinski definition) is 1. The molecule has 0 fully saturated rings. The molecule has 0 aliphatic carbocycles. The maximum absolute atomic E-state index is 10.0. The van der Waals surface area contributed by atoms with Gasteiger partial charge in [0.15, 0.2) is 0 Å². The lowest BCUT2D eigenvalue weighted by Crippen LogP contribution is -2.42. The Morgan fingerprint density at radius 2 is 1.71 bits per heavy atom. The second kappa shape index (κ2) is 3.43. The molecule has 0 spiro atoms. The van der Waals surface area contributed by atoms with Gasteiger partial charge in [-0.05, 0) is 19.4 Å². The van der Waals surface area contributed by atoms with E-state index in [2.05, 4.69) is 0 Å². The summed E-state index contributed by atoms with van der Waals surface area (Å²) in [6, 6.07) is 7.68. The van der Waals surface area contributed by atoms with E-state index < -0.39 is 5.60 Å². The molecule has 1 aromatic carbocycles. The lowest BCUT2D eigenvalue weighted by atomic mass is 9.71. The molecule has 2 heteroatoms. The molecule has 0 saturated heterocycles. The molecule has 0 aliphatic rings. The molecular weight excluding hydrogens is 171 g/mol. The molecule has 1 nitrogen and oxygen atoms in total. The minimum atomic E-state index is -0.763. The van der Waals surface area contributed by atoms with Crippen LogP contribution < -0.4 is 5.46 Å². The Kier molecular flexibility index (Phi) is 2.77. The van der Waals surface area contributed by atoms with Gasteiger partial charge in [0.2, 0.25) is 0 Å². The summed E-state index contributed by atoms with van der Waals surface area (Å²) in [6.45, 7) is 7.66. The van der Waals surface area contributed by atoms with Crippen molar-refractivity contribution in [1.29, 1.82) is 0 Å². The lowest BCUT2D eigenvalue weighted by Gasteiger charge is -2.38. The van der Waals surface area contributed by atoms with Gasteiger partial charge in [0.1, 0.15) is 7.85 Å². The summed E-state index contributed by atoms with van der Waals surface area (Å²) in [5.74, 6) is 0. The third-order valence-electron chi connectivity index (χ3n) is 3.14. The van der Waals surface area contributed by atoms with Gasteiger partial charge >= 0.3 is 0 Å². The van der Waals surface area contributed by atoms with Crippen molar-refractivity contribution in [2.75, 3.05) is 0 Å². The van der Waals surface area contributed by atoms with E-state index in [1.165, 1.54) is 0 Å². The normalized spacial score (nSPS) is 12.9. The van der Waals surface area contributed by atoms with Crippen LogP contribution in [0.5, 0.6) is 0 Å². The van der Waals surface area contributed by atoms with E-state index in [1.54, 1.807) is 0 Å². The van der Waals surface area contributed by atoms with Crippen molar-refractivity contribution < 1.29 is 5.11 Å². The summed E-state index contributed by atoms with van der Waals surface area (Å²) >= 11 is 0. The van der Waals surface area contributed by atoms with E-state index in [9.17, 15) is 5.11 Å². The summed E-state index contributed by atoms with van der Waals surface area (Å²) in [5, 5.41) is 10.0. The molecule has 2 radical (unpaired) electrons. The third-order valence-corrected chi connectivity index (χ3v) is 3.14. The molecule has 0 saturated carbocycles. The predicted octanol–water partition coefficient (Wildman–Crippen LogP) is 1.53. The van der Waals surface area contributed by atoms with Gasteiger partial charge in [-0.2, -0.15) is 0 Å². The van der Waals surface area contributed by atoms with Crippen molar-refractivity contribution in [1.82, 2.24) is 0 Å². The standard InChI is InChI=1S/C12H17BO/c1-11(2,12(3,4)14)9-6-5-7-10(13)8-9/h5-8,14H,1-4H3. The second-order valence-electron chi connectivity index (χ2n) is 4.81. The van der Waals surface area contributed by atoms with Crippen molar-refractivity contribution in [3.05, 3.63) is 29.8 Å². The zero-order valence-electron chi connectivity index (χ0n) is 9.33. The molecule has 0 bridgehead atoms. The van der Waals surface area contributed by atoms with Crippen LogP contribution in [-0.2, 0) is 5.41 Å². The first-order valence-corrected chi connectivity index (χ1v) is 4.83. The fraction of sp³-hybridized carbons (Fsp3) is 0.500. The number of aliphatic hydroxyl groups is 1. The largest absolute Gasteiger partial charge is 0.390 e. The molecule has 1 aromatic rings. The summed E-state index contributed by atoms with van der Waals surface area (Å²) in [5.41, 5.74) is 0.730. The zero-order valence-corrected chi connectivity index (χ0v) is 9.33. The first-order valence-electron chi connectivity index (χ1n) is 4.83. The monoisotopic (exact) mass is 188 g/mol. The van der Waals surface area contributed by atoms with Crippen LogP contribution in [0, 0.1) is 0 Å². The van der Waals surface area contributed by atoms with Crippen LogP contribution in [0.25, 0.3) is 0 Å². The SMILES string of the molecule is [B]c1cccc(C(C)(C)C(C)(C)O)c1. The zero-order chi connectivity index (χ0) is 11.0. The second-order valence-corrected chi connectivity index (χ2v) is 4.81. The molecule has 0 heterocycles. The van der Waals surface area contributed by atoms with Gasteiger partial charge in [-0.1, -0.05) is 43.6 Å². The first kappa shape index (κ1) is 11.3. The molecule has 0 unspecified atom stereocenters. The van der Waals surface area contributed by atoms with Gasteiger partial charge in [0, 0.05) is 5.41 Å². The van der Waals surface area contributed by atoms with E-state index in [0.717, 1.165) is 11.0 Å². The smallest absolute Gasteiger partial charge is 0.113 e. The Bertz CT molecular complexity index is 323. The van der Waals surface area contributed by atoms with Crippen LogP contribution in [0.15, 0.2) is 24.3 Å². The van der Waals surface area contributed by atoms with Crippen molar-refractivity contribution in [3.63, 3.8) is 0 Å². The Balaban J connectivity index is 3.16. The topological polar surface area (TPSA) is 20.2 Å². The van der Waals surface area contributed by atoms with Crippen LogP contribution in [0.1, 0.15) is 33.3 Å². The van der Waals surface area contributed by atoms with Gasteiger partial charge < -0.3 is 5.11 Å². The highest BCUT2D eigenvalue weighted by Gasteiger charge is 2.36. The quantitative estimate of drug-likeness (QED) is 0.697. The summed E-state index contributed by atoms with van der Waals surface area (Å²) in [4.78, 5) is 0. The Labute approximate surface area is 87.6 Å². The summed E-state index contributed by atoms with van der Waals surface area (Å²) in [7, 11) is 5.72. The van der Waals surface area contributed by atoms with Gasteiger partial charge in [-0.25, -0.2) is 0 Å². The highest BCUT2D eigenvalue weighted by atomic mass is 16.3. The molecular formula is C12H17BO. The highest BCUT2D eigenvalue weighted by molar-refractivity contribution is 6.32. The van der Waals surface area contributed by atoms with Crippen molar-refractivity contribution in [3.8, 4) is 0 Å². The third kappa shape index (κ3) is 2.01. The molecule has 0 amide bonds. The molecule has 0 aliphatic heterocycles. The molecule has 74 valence electrons. The van der Waals surface area contributed by atoms with Gasteiger partial charge in [-0.3, -0.25) is 0 Å². The molecule has 0 aromatic heterocycles. The van der Waals surface area contributed by atoms with E-state index in [1.807, 2.05) is 52.0 Å². The molecule has 0 atom stereocenters. The van der Waals surface area contributed by atoms with Crippen LogP contribution >= 0.6 is 0 Å². The Hall–Kier alpha value is -0.755. The fourth-order valence-corrected chi connectivity index (χ4v) is 1.28. The van der Waals surface area contributed by atoms with Crippen LogP contribution in [0.4, 0.5) is 0 Å².